The summed E-state index contributed by atoms with van der Waals surface area (Å²) in [4.78, 5) is 2.59. The minimum atomic E-state index is -0.00428. The molecule has 3 rings (SSSR count). The average molecular weight is 667 g/mol. The number of allylic oxidation sites excluding steroid dienone is 1. The lowest BCUT2D eigenvalue weighted by molar-refractivity contribution is 0.169. The number of hydrogen-bond donors (Lipinski definition) is 1. The Hall–Kier alpha value is -0.825. The molecular formula is C44H81BNS. The zero-order valence-corrected chi connectivity index (χ0v) is 35.1. The maximum Gasteiger partial charge on any atom is 0.152 e. The molecule has 1 aromatic rings. The van der Waals surface area contributed by atoms with Gasteiger partial charge < -0.3 is 4.90 Å². The van der Waals surface area contributed by atoms with Gasteiger partial charge in [-0.2, -0.15) is 12.6 Å². The molecule has 271 valence electrons. The normalized spacial score (nSPS) is 20.2. The minimum absolute atomic E-state index is 0.00428. The second-order valence-corrected chi connectivity index (χ2v) is 19.0. The van der Waals surface area contributed by atoms with Gasteiger partial charge in [-0.25, -0.2) is 0 Å². The topological polar surface area (TPSA) is 3.24 Å². The van der Waals surface area contributed by atoms with E-state index >= 15 is 0 Å². The van der Waals surface area contributed by atoms with Crippen LogP contribution in [0.15, 0.2) is 30.5 Å². The zero-order chi connectivity index (χ0) is 36.1. The van der Waals surface area contributed by atoms with Gasteiger partial charge in [0.05, 0.1) is 0 Å². The number of piperidine rings is 1. The molecule has 0 spiro atoms. The largest absolute Gasteiger partial charge is 0.375 e. The average Bonchev–Trinajstić information content (AvgIpc) is 2.98. The standard InChI is InChI=1S/C30H51BNS.C8H18.C6H12/c1-10-12-13-23(3)25(5)32-19-17-30(16-11-2,18-20-32)27-15-14-26(21-24(27)4)31-22-28(6,7)29(8,9)33;1-5-7-8(3,4)6-2;1-5-3-6(2)4-5/h14-15,21,23,33H,5,10-13,16-20,22H2,1-4,6-9H3;5-7H2,1-4H3;5-6H,3-4H2,1-2H3. The molecule has 1 saturated heterocycles. The van der Waals surface area contributed by atoms with E-state index in [2.05, 4.69) is 134 Å². The van der Waals surface area contributed by atoms with E-state index in [1.807, 2.05) is 0 Å². The molecule has 0 N–H and O–H groups in total. The third kappa shape index (κ3) is 14.5. The molecule has 1 aliphatic carbocycles. The number of unbranched alkanes of at least 4 members (excludes halogenated alkanes) is 1. The highest BCUT2D eigenvalue weighted by Crippen LogP contribution is 2.43. The highest BCUT2D eigenvalue weighted by atomic mass is 32.1. The van der Waals surface area contributed by atoms with Crippen LogP contribution >= 0.6 is 12.6 Å². The Morgan fingerprint density at radius 1 is 0.957 bits per heavy atom. The van der Waals surface area contributed by atoms with Crippen molar-refractivity contribution >= 4 is 25.4 Å². The maximum atomic E-state index is 4.84. The molecule has 1 heterocycles. The van der Waals surface area contributed by atoms with Crippen LogP contribution in [0.2, 0.25) is 6.32 Å². The van der Waals surface area contributed by atoms with E-state index in [9.17, 15) is 0 Å². The molecule has 0 bridgehead atoms. The first-order valence-corrected chi connectivity index (χ1v) is 20.3. The minimum Gasteiger partial charge on any atom is -0.375 e. The van der Waals surface area contributed by atoms with Gasteiger partial charge in [0.25, 0.3) is 0 Å². The molecule has 47 heavy (non-hydrogen) atoms. The highest BCUT2D eigenvalue weighted by molar-refractivity contribution is 7.81. The summed E-state index contributed by atoms with van der Waals surface area (Å²) in [5.41, 5.74) is 6.81. The molecule has 1 radical (unpaired) electrons. The summed E-state index contributed by atoms with van der Waals surface area (Å²) in [7, 11) is 2.41. The molecule has 3 heteroatoms. The number of hydrogen-bond acceptors (Lipinski definition) is 2. The van der Waals surface area contributed by atoms with Crippen molar-refractivity contribution in [3.63, 3.8) is 0 Å². The fourth-order valence-electron chi connectivity index (χ4n) is 7.53. The van der Waals surface area contributed by atoms with Crippen LogP contribution in [0.3, 0.4) is 0 Å². The number of likely N-dealkylation sites (tertiary alicyclic amines) is 1. The summed E-state index contributed by atoms with van der Waals surface area (Å²) in [5.74, 6) is 2.69. The summed E-state index contributed by atoms with van der Waals surface area (Å²) < 4.78 is -0.00428. The number of nitrogens with zero attached hydrogens (tertiary/aromatic N) is 1. The second-order valence-electron chi connectivity index (χ2n) is 17.9. The number of aryl methyl sites for hydroxylation is 1. The lowest BCUT2D eigenvalue weighted by Gasteiger charge is -2.45. The molecular weight excluding hydrogens is 585 g/mol. The van der Waals surface area contributed by atoms with Gasteiger partial charge in [0, 0.05) is 23.5 Å². The van der Waals surface area contributed by atoms with Gasteiger partial charge in [-0.15, -0.1) is 0 Å². The third-order valence-corrected chi connectivity index (χ3v) is 12.8. The Labute approximate surface area is 303 Å². The van der Waals surface area contributed by atoms with E-state index in [1.165, 1.54) is 93.8 Å². The Morgan fingerprint density at radius 2 is 1.53 bits per heavy atom. The van der Waals surface area contributed by atoms with Crippen LogP contribution < -0.4 is 5.46 Å². The van der Waals surface area contributed by atoms with Gasteiger partial charge in [-0.05, 0) is 97.0 Å². The lowest BCUT2D eigenvalue weighted by atomic mass is 9.56. The van der Waals surface area contributed by atoms with Crippen molar-refractivity contribution in [3.05, 3.63) is 41.6 Å². The predicted molar refractivity (Wildman–Crippen MR) is 220 cm³/mol. The Bertz CT molecular complexity index is 1010. The summed E-state index contributed by atoms with van der Waals surface area (Å²) in [6.45, 7) is 39.0. The molecule has 1 nitrogen and oxygen atoms in total. The van der Waals surface area contributed by atoms with Crippen LogP contribution in [0, 0.1) is 35.5 Å². The van der Waals surface area contributed by atoms with Crippen molar-refractivity contribution in [3.8, 4) is 0 Å². The van der Waals surface area contributed by atoms with Gasteiger partial charge in [-0.3, -0.25) is 0 Å². The quantitative estimate of drug-likeness (QED) is 0.144. The molecule has 1 saturated carbocycles. The van der Waals surface area contributed by atoms with E-state index < -0.39 is 0 Å². The van der Waals surface area contributed by atoms with Crippen molar-refractivity contribution in [1.82, 2.24) is 4.90 Å². The first kappa shape index (κ1) is 44.2. The molecule has 2 aliphatic rings. The van der Waals surface area contributed by atoms with E-state index in [-0.39, 0.29) is 10.2 Å². The van der Waals surface area contributed by atoms with E-state index in [0.29, 0.717) is 16.7 Å². The van der Waals surface area contributed by atoms with Crippen molar-refractivity contribution in [2.75, 3.05) is 13.1 Å². The highest BCUT2D eigenvalue weighted by Gasteiger charge is 2.37. The molecule has 2 fully saturated rings. The number of benzene rings is 1. The summed E-state index contributed by atoms with van der Waals surface area (Å²) >= 11 is 4.84. The van der Waals surface area contributed by atoms with Crippen LogP contribution in [-0.4, -0.2) is 30.0 Å². The van der Waals surface area contributed by atoms with Gasteiger partial charge >= 0.3 is 0 Å². The molecule has 1 aliphatic heterocycles. The maximum absolute atomic E-state index is 4.84. The Kier molecular flexibility index (Phi) is 18.9. The summed E-state index contributed by atoms with van der Waals surface area (Å²) in [6.07, 6.45) is 16.8. The number of rotatable bonds is 15. The van der Waals surface area contributed by atoms with Crippen LogP contribution in [0.1, 0.15) is 178 Å². The fraction of sp³-hybridized carbons (Fsp3) is 0.818. The summed E-state index contributed by atoms with van der Waals surface area (Å²) in [5, 5.41) is 0. The Morgan fingerprint density at radius 3 is 1.91 bits per heavy atom. The lowest BCUT2D eigenvalue weighted by Crippen LogP contribution is -2.43. The molecule has 1 atom stereocenters. The predicted octanol–water partition coefficient (Wildman–Crippen LogP) is 13.2. The van der Waals surface area contributed by atoms with Crippen molar-refractivity contribution < 1.29 is 0 Å². The SMILES string of the molecule is C=C(C(C)CCCC)N1CCC(CCC)(c2ccc([B]CC(C)(C)C(C)(C)S)cc2C)CC1.CC1CC(C)C1.CCCC(C)(C)CC. The van der Waals surface area contributed by atoms with Crippen LogP contribution in [-0.2, 0) is 5.41 Å². The first-order chi connectivity index (χ1) is 21.8. The van der Waals surface area contributed by atoms with Gasteiger partial charge in [0.2, 0.25) is 0 Å². The zero-order valence-electron chi connectivity index (χ0n) is 34.2. The third-order valence-electron chi connectivity index (χ3n) is 12.2. The van der Waals surface area contributed by atoms with Crippen molar-refractivity contribution in [2.24, 2.45) is 28.6 Å². The Balaban J connectivity index is 0.000000647. The van der Waals surface area contributed by atoms with Crippen LogP contribution in [0.25, 0.3) is 0 Å². The van der Waals surface area contributed by atoms with Crippen LogP contribution in [0.4, 0.5) is 0 Å². The van der Waals surface area contributed by atoms with Crippen molar-refractivity contribution in [1.29, 1.82) is 0 Å². The van der Waals surface area contributed by atoms with Crippen LogP contribution in [0.5, 0.6) is 0 Å². The molecule has 1 aromatic carbocycles. The number of thiol groups is 1. The van der Waals surface area contributed by atoms with Gasteiger partial charge in [0.1, 0.15) is 0 Å². The summed E-state index contributed by atoms with van der Waals surface area (Å²) in [6, 6.07) is 7.23. The van der Waals surface area contributed by atoms with Gasteiger partial charge in [-0.1, -0.05) is 159 Å². The second kappa shape index (κ2) is 20.1. The molecule has 0 aromatic heterocycles. The van der Waals surface area contributed by atoms with E-state index in [4.69, 9.17) is 12.6 Å². The molecule has 0 amide bonds. The van der Waals surface area contributed by atoms with E-state index in [0.717, 1.165) is 31.2 Å². The fourth-order valence-corrected chi connectivity index (χ4v) is 7.62. The molecule has 1 unspecified atom stereocenters. The smallest absolute Gasteiger partial charge is 0.152 e. The van der Waals surface area contributed by atoms with Crippen molar-refractivity contribution in [2.45, 2.75) is 190 Å². The van der Waals surface area contributed by atoms with Gasteiger partial charge in [0.15, 0.2) is 7.28 Å². The monoisotopic (exact) mass is 667 g/mol. The van der Waals surface area contributed by atoms with E-state index in [1.54, 1.807) is 5.56 Å². The first-order valence-electron chi connectivity index (χ1n) is 19.9.